The Morgan fingerprint density at radius 3 is 1.97 bits per heavy atom. The number of aliphatic hydroxyl groups excluding tert-OH is 2. The van der Waals surface area contributed by atoms with Crippen LogP contribution in [0.15, 0.2) is 0 Å². The lowest BCUT2D eigenvalue weighted by Crippen LogP contribution is -2.58. The third-order valence-corrected chi connectivity index (χ3v) is 11.3. The molecule has 0 aromatic carbocycles. The van der Waals surface area contributed by atoms with Crippen LogP contribution in [-0.2, 0) is 0 Å². The summed E-state index contributed by atoms with van der Waals surface area (Å²) in [6.45, 7) is 6.12. The Kier molecular flexibility index (Phi) is 6.88. The van der Waals surface area contributed by atoms with E-state index in [9.17, 15) is 41.7 Å². The molecule has 4 aliphatic carbocycles. The largest absolute Gasteiger partial charge is 0.426 e. The van der Waals surface area contributed by atoms with Gasteiger partial charge in [-0.25, -0.2) is 0 Å². The van der Waals surface area contributed by atoms with Gasteiger partial charge in [0.05, 0.1) is 12.2 Å². The SMILES string of the molecule is C[C@H](CCC(O)(C(F)(F)F)C(F)(F)F)[C@H]1CC[C@H]2[C@@H]3C[C@H](O)[C@@H]4C[C@@H](O)CC[C@]4(C)[C@H]3CC[C@]12C. The van der Waals surface area contributed by atoms with Crippen molar-refractivity contribution in [1.82, 2.24) is 0 Å². The van der Waals surface area contributed by atoms with Crippen molar-refractivity contribution in [3.8, 4) is 0 Å². The molecule has 0 aliphatic heterocycles. The molecule has 4 fully saturated rings. The normalized spacial score (nSPS) is 45.4. The van der Waals surface area contributed by atoms with Crippen molar-refractivity contribution < 1.29 is 41.7 Å². The van der Waals surface area contributed by atoms with Crippen LogP contribution in [0.25, 0.3) is 0 Å². The molecule has 9 heteroatoms. The quantitative estimate of drug-likeness (QED) is 0.389. The van der Waals surface area contributed by atoms with E-state index in [0.717, 1.165) is 38.5 Å². The topological polar surface area (TPSA) is 60.7 Å². The molecule has 0 aromatic rings. The van der Waals surface area contributed by atoms with E-state index in [1.54, 1.807) is 6.92 Å². The van der Waals surface area contributed by atoms with Crippen LogP contribution < -0.4 is 0 Å². The van der Waals surface area contributed by atoms with Crippen molar-refractivity contribution in [3.05, 3.63) is 0 Å². The van der Waals surface area contributed by atoms with Crippen LogP contribution in [0.5, 0.6) is 0 Å². The van der Waals surface area contributed by atoms with Crippen LogP contribution in [0.1, 0.15) is 85.0 Å². The van der Waals surface area contributed by atoms with E-state index < -0.39 is 30.5 Å². The van der Waals surface area contributed by atoms with Gasteiger partial charge in [0.25, 0.3) is 5.60 Å². The van der Waals surface area contributed by atoms with Crippen LogP contribution >= 0.6 is 0 Å². The van der Waals surface area contributed by atoms with Gasteiger partial charge in [-0.3, -0.25) is 0 Å². The number of hydrogen-bond acceptors (Lipinski definition) is 3. The van der Waals surface area contributed by atoms with Crippen molar-refractivity contribution in [2.24, 2.45) is 46.3 Å². The van der Waals surface area contributed by atoms with Crippen molar-refractivity contribution >= 4 is 0 Å². The highest BCUT2D eigenvalue weighted by atomic mass is 19.4. The minimum Gasteiger partial charge on any atom is -0.393 e. The van der Waals surface area contributed by atoms with E-state index in [4.69, 9.17) is 0 Å². The monoisotopic (exact) mass is 514 g/mol. The molecule has 0 aromatic heterocycles. The van der Waals surface area contributed by atoms with Crippen molar-refractivity contribution in [1.29, 1.82) is 0 Å². The Bertz CT molecular complexity index is 770. The number of alkyl halides is 6. The number of hydrogen-bond donors (Lipinski definition) is 3. The fourth-order valence-electron chi connectivity index (χ4n) is 9.34. The van der Waals surface area contributed by atoms with E-state index in [2.05, 4.69) is 13.8 Å². The summed E-state index contributed by atoms with van der Waals surface area (Å²) >= 11 is 0. The Morgan fingerprint density at radius 2 is 1.37 bits per heavy atom. The number of halogens is 6. The standard InChI is InChI=1S/C26H40F6O3/c1-14(6-11-24(35,25(27,28)29)26(30,31)32)17-4-5-18-16-13-21(34)20-12-15(33)7-9-23(20,3)19(16)8-10-22(17,18)2/h14-21,33-35H,4-13H2,1-3H3/t14-,15+,16+,17-,18+,19+,20+,21+,22-,23-/m1/s1. The Hall–Kier alpha value is -0.540. The maximum atomic E-state index is 13.2. The predicted octanol–water partition coefficient (Wildman–Crippen LogP) is 6.25. The van der Waals surface area contributed by atoms with Crippen LogP contribution in [0.3, 0.4) is 0 Å². The summed E-state index contributed by atoms with van der Waals surface area (Å²) in [5, 5.41) is 30.9. The van der Waals surface area contributed by atoms with Gasteiger partial charge >= 0.3 is 12.4 Å². The molecule has 4 rings (SSSR count). The lowest BCUT2D eigenvalue weighted by Gasteiger charge is -2.62. The third kappa shape index (κ3) is 4.23. The van der Waals surface area contributed by atoms with Gasteiger partial charge in [0.1, 0.15) is 0 Å². The van der Waals surface area contributed by atoms with Gasteiger partial charge in [0.2, 0.25) is 0 Å². The molecular weight excluding hydrogens is 474 g/mol. The summed E-state index contributed by atoms with van der Waals surface area (Å²) in [5.74, 6) is 0.623. The Morgan fingerprint density at radius 1 is 0.800 bits per heavy atom. The van der Waals surface area contributed by atoms with E-state index in [1.165, 1.54) is 0 Å². The van der Waals surface area contributed by atoms with Gasteiger partial charge in [-0.15, -0.1) is 0 Å². The highest BCUT2D eigenvalue weighted by Gasteiger charge is 2.70. The van der Waals surface area contributed by atoms with E-state index >= 15 is 0 Å². The molecular formula is C26H40F6O3. The van der Waals surface area contributed by atoms with Gasteiger partial charge in [0.15, 0.2) is 0 Å². The van der Waals surface area contributed by atoms with Crippen molar-refractivity contribution in [2.45, 2.75) is 115 Å². The second-order valence-electron chi connectivity index (χ2n) is 12.8. The first-order valence-corrected chi connectivity index (χ1v) is 13.2. The summed E-state index contributed by atoms with van der Waals surface area (Å²) in [7, 11) is 0. The molecule has 0 heterocycles. The molecule has 35 heavy (non-hydrogen) atoms. The minimum atomic E-state index is -5.77. The summed E-state index contributed by atoms with van der Waals surface area (Å²) in [6, 6.07) is 0. The van der Waals surface area contributed by atoms with Crippen LogP contribution in [0.2, 0.25) is 0 Å². The molecule has 4 saturated carbocycles. The number of rotatable bonds is 4. The molecule has 3 nitrogen and oxygen atoms in total. The first-order chi connectivity index (χ1) is 16.0. The maximum Gasteiger partial charge on any atom is 0.426 e. The van der Waals surface area contributed by atoms with Crippen LogP contribution in [-0.4, -0.2) is 45.5 Å². The minimum absolute atomic E-state index is 0.0185. The van der Waals surface area contributed by atoms with Crippen molar-refractivity contribution in [3.63, 3.8) is 0 Å². The second kappa shape index (κ2) is 8.75. The summed E-state index contributed by atoms with van der Waals surface area (Å²) in [6.07, 6.45) is -7.87. The molecule has 0 radical (unpaired) electrons. The molecule has 4 aliphatic rings. The van der Waals surface area contributed by atoms with Gasteiger partial charge in [-0.05, 0) is 111 Å². The lowest BCUT2D eigenvalue weighted by molar-refractivity contribution is -0.370. The lowest BCUT2D eigenvalue weighted by atomic mass is 9.43. The molecule has 0 saturated heterocycles. The van der Waals surface area contributed by atoms with Crippen LogP contribution in [0, 0.1) is 46.3 Å². The third-order valence-electron chi connectivity index (χ3n) is 11.3. The van der Waals surface area contributed by atoms with Gasteiger partial charge in [-0.1, -0.05) is 20.8 Å². The van der Waals surface area contributed by atoms with Gasteiger partial charge in [-0.2, -0.15) is 26.3 Å². The average molecular weight is 515 g/mol. The van der Waals surface area contributed by atoms with Gasteiger partial charge < -0.3 is 15.3 Å². The first-order valence-electron chi connectivity index (χ1n) is 13.2. The van der Waals surface area contributed by atoms with Crippen molar-refractivity contribution in [2.75, 3.05) is 0 Å². The highest BCUT2D eigenvalue weighted by Crippen LogP contribution is 2.68. The second-order valence-corrected chi connectivity index (χ2v) is 12.8. The molecule has 0 spiro atoms. The summed E-state index contributed by atoms with van der Waals surface area (Å²) < 4.78 is 79.1. The molecule has 0 unspecified atom stereocenters. The van der Waals surface area contributed by atoms with E-state index in [-0.39, 0.29) is 52.9 Å². The number of aliphatic hydroxyl groups is 3. The summed E-state index contributed by atoms with van der Waals surface area (Å²) in [4.78, 5) is 0. The first kappa shape index (κ1) is 27.5. The molecule has 3 N–H and O–H groups in total. The summed E-state index contributed by atoms with van der Waals surface area (Å²) in [5.41, 5.74) is -4.94. The van der Waals surface area contributed by atoms with Crippen LogP contribution in [0.4, 0.5) is 26.3 Å². The number of fused-ring (bicyclic) bond motifs is 5. The van der Waals surface area contributed by atoms with E-state index in [0.29, 0.717) is 18.8 Å². The Balaban J connectivity index is 1.50. The maximum absolute atomic E-state index is 13.2. The molecule has 0 bridgehead atoms. The molecule has 0 amide bonds. The zero-order chi connectivity index (χ0) is 26.2. The predicted molar refractivity (Wildman–Crippen MR) is 118 cm³/mol. The fraction of sp³-hybridized carbons (Fsp3) is 1.00. The highest BCUT2D eigenvalue weighted by molar-refractivity contribution is 5.11. The Labute approximate surface area is 203 Å². The molecule has 10 atom stereocenters. The van der Waals surface area contributed by atoms with E-state index in [1.807, 2.05) is 0 Å². The smallest absolute Gasteiger partial charge is 0.393 e. The molecule has 204 valence electrons. The zero-order valence-electron chi connectivity index (χ0n) is 20.8. The zero-order valence-corrected chi connectivity index (χ0v) is 20.8. The van der Waals surface area contributed by atoms with Gasteiger partial charge in [0, 0.05) is 0 Å². The average Bonchev–Trinajstić information content (AvgIpc) is 3.09. The fourth-order valence-corrected chi connectivity index (χ4v) is 9.34.